The summed E-state index contributed by atoms with van der Waals surface area (Å²) in [5.74, 6) is -0.278. The Morgan fingerprint density at radius 3 is 2.60 bits per heavy atom. The lowest BCUT2D eigenvalue weighted by Crippen LogP contribution is -2.15. The van der Waals surface area contributed by atoms with E-state index >= 15 is 0 Å². The number of nitrogens with one attached hydrogen (secondary N) is 1. The van der Waals surface area contributed by atoms with Gasteiger partial charge in [-0.3, -0.25) is 4.98 Å². The highest BCUT2D eigenvalue weighted by Gasteiger charge is 2.28. The van der Waals surface area contributed by atoms with Crippen LogP contribution in [-0.4, -0.2) is 26.3 Å². The predicted octanol–water partition coefficient (Wildman–Crippen LogP) is 7.02. The number of hydrogen-bond donors (Lipinski definition) is 2. The summed E-state index contributed by atoms with van der Waals surface area (Å²) in [5, 5.41) is 17.4. The fourth-order valence-corrected chi connectivity index (χ4v) is 4.70. The molecule has 0 unspecified atom stereocenters. The Balaban J connectivity index is 1.77. The van der Waals surface area contributed by atoms with Gasteiger partial charge in [0.15, 0.2) is 0 Å². The van der Waals surface area contributed by atoms with E-state index in [0.29, 0.717) is 22.5 Å². The molecular weight excluding hydrogens is 460 g/mol. The normalized spacial score (nSPS) is 14.5. The molecule has 172 valence electrons. The molecule has 1 aliphatic rings. The first kappa shape index (κ1) is 22.6. The van der Waals surface area contributed by atoms with Crippen molar-refractivity contribution in [2.75, 3.05) is 0 Å². The van der Waals surface area contributed by atoms with Crippen molar-refractivity contribution < 1.29 is 9.90 Å². The number of rotatable bonds is 6. The van der Waals surface area contributed by atoms with Crippen LogP contribution in [0, 0.1) is 12.5 Å². The summed E-state index contributed by atoms with van der Waals surface area (Å²) in [6.45, 7) is 7.50. The number of halogens is 1. The topological polar surface area (TPSA) is 83.2 Å². The third kappa shape index (κ3) is 4.46. The standard InChI is InChI=1S/C28H21ClN4O2/c1-30-28-22-15-18(10-13-24(22)32-33-28)26(19-9-11-20(31-16-19)12-14-25(34)35)27(17-5-4-6-17)21-7-2-3-8-23(21)29/h2-3,7-17H,4-6H2,(H,32,33)(H,34,35)/b14-12+,27-26-. The van der Waals surface area contributed by atoms with Gasteiger partial charge in [-0.15, -0.1) is 5.10 Å². The minimum absolute atomic E-state index is 0.344. The van der Waals surface area contributed by atoms with E-state index in [9.17, 15) is 4.79 Å². The first-order chi connectivity index (χ1) is 17.0. The highest BCUT2D eigenvalue weighted by molar-refractivity contribution is 6.32. The van der Waals surface area contributed by atoms with Crippen molar-refractivity contribution in [3.63, 3.8) is 0 Å². The Labute approximate surface area is 207 Å². The van der Waals surface area contributed by atoms with Crippen LogP contribution in [0.3, 0.4) is 0 Å². The van der Waals surface area contributed by atoms with Crippen LogP contribution >= 0.6 is 11.6 Å². The van der Waals surface area contributed by atoms with Crippen molar-refractivity contribution in [1.82, 2.24) is 15.2 Å². The lowest BCUT2D eigenvalue weighted by atomic mass is 9.73. The molecule has 1 saturated carbocycles. The van der Waals surface area contributed by atoms with Crippen LogP contribution in [0.25, 0.3) is 33.0 Å². The fraction of sp³-hybridized carbons (Fsp3) is 0.143. The second-order valence-electron chi connectivity index (χ2n) is 8.46. The summed E-state index contributed by atoms with van der Waals surface area (Å²) in [6.07, 6.45) is 7.60. The summed E-state index contributed by atoms with van der Waals surface area (Å²) >= 11 is 6.72. The highest BCUT2D eigenvalue weighted by atomic mass is 35.5. The average Bonchev–Trinajstić information content (AvgIpc) is 3.25. The molecule has 2 aromatic carbocycles. The molecule has 2 aromatic heterocycles. The van der Waals surface area contributed by atoms with Crippen LogP contribution in [0.15, 0.2) is 66.9 Å². The Hall–Kier alpha value is -4.21. The highest BCUT2D eigenvalue weighted by Crippen LogP contribution is 2.47. The van der Waals surface area contributed by atoms with Gasteiger partial charge in [0.1, 0.15) is 5.52 Å². The molecule has 1 aliphatic carbocycles. The lowest BCUT2D eigenvalue weighted by molar-refractivity contribution is -0.131. The Bertz CT molecular complexity index is 1520. The largest absolute Gasteiger partial charge is 0.478 e. The maximum Gasteiger partial charge on any atom is 0.328 e. The van der Waals surface area contributed by atoms with Gasteiger partial charge < -0.3 is 9.95 Å². The van der Waals surface area contributed by atoms with Crippen LogP contribution in [0.1, 0.15) is 41.6 Å². The van der Waals surface area contributed by atoms with E-state index in [2.05, 4.69) is 20.0 Å². The number of carbonyl (C=O) groups is 1. The van der Waals surface area contributed by atoms with Crippen LogP contribution in [-0.2, 0) is 4.79 Å². The first-order valence-corrected chi connectivity index (χ1v) is 11.7. The van der Waals surface area contributed by atoms with Gasteiger partial charge in [0, 0.05) is 28.2 Å². The maximum atomic E-state index is 10.9. The second-order valence-corrected chi connectivity index (χ2v) is 8.86. The van der Waals surface area contributed by atoms with Crippen molar-refractivity contribution in [3.8, 4) is 0 Å². The quantitative estimate of drug-likeness (QED) is 0.176. The third-order valence-corrected chi connectivity index (χ3v) is 6.68. The Kier molecular flexibility index (Phi) is 6.17. The molecule has 4 aromatic rings. The number of aromatic amines is 1. The minimum atomic E-state index is -1.02. The first-order valence-electron chi connectivity index (χ1n) is 11.3. The number of fused-ring (bicyclic) bond motifs is 1. The van der Waals surface area contributed by atoms with Gasteiger partial charge in [-0.05, 0) is 65.3 Å². The van der Waals surface area contributed by atoms with Gasteiger partial charge in [-0.2, -0.15) is 0 Å². The lowest BCUT2D eigenvalue weighted by Gasteiger charge is -2.32. The van der Waals surface area contributed by atoms with Crippen LogP contribution in [0.4, 0.5) is 5.82 Å². The molecule has 0 aliphatic heterocycles. The van der Waals surface area contributed by atoms with Crippen LogP contribution < -0.4 is 0 Å². The molecule has 2 N–H and O–H groups in total. The predicted molar refractivity (Wildman–Crippen MR) is 138 cm³/mol. The van der Waals surface area contributed by atoms with E-state index in [1.165, 1.54) is 6.08 Å². The number of hydrogen-bond acceptors (Lipinski definition) is 3. The van der Waals surface area contributed by atoms with Crippen molar-refractivity contribution >= 4 is 51.5 Å². The number of aromatic nitrogens is 3. The molecule has 0 spiro atoms. The van der Waals surface area contributed by atoms with Crippen LogP contribution in [0.2, 0.25) is 5.02 Å². The van der Waals surface area contributed by atoms with Crippen molar-refractivity contribution in [2.45, 2.75) is 19.3 Å². The van der Waals surface area contributed by atoms with Gasteiger partial charge in [0.2, 0.25) is 0 Å². The van der Waals surface area contributed by atoms with Gasteiger partial charge in [0.25, 0.3) is 5.82 Å². The summed E-state index contributed by atoms with van der Waals surface area (Å²) < 4.78 is 0. The van der Waals surface area contributed by atoms with E-state index in [0.717, 1.165) is 64.1 Å². The molecule has 2 heterocycles. The zero-order chi connectivity index (χ0) is 24.4. The SMILES string of the molecule is [C-]#[N+]c1[nH]nc2ccc(/C(=C(/c3ccccc3Cl)C3CCC3)c3ccc(/C=C/C(=O)O)nc3)cc12. The van der Waals surface area contributed by atoms with Crippen molar-refractivity contribution in [1.29, 1.82) is 0 Å². The Morgan fingerprint density at radius 1 is 1.14 bits per heavy atom. The molecule has 0 bridgehead atoms. The van der Waals surface area contributed by atoms with Gasteiger partial charge in [0.05, 0.1) is 5.69 Å². The van der Waals surface area contributed by atoms with E-state index in [1.54, 1.807) is 12.3 Å². The molecule has 1 fully saturated rings. The molecule has 35 heavy (non-hydrogen) atoms. The fourth-order valence-electron chi connectivity index (χ4n) is 4.46. The number of allylic oxidation sites excluding steroid dienone is 1. The molecule has 0 saturated heterocycles. The maximum absolute atomic E-state index is 10.9. The molecule has 7 heteroatoms. The summed E-state index contributed by atoms with van der Waals surface area (Å²) in [6, 6.07) is 17.6. The number of benzene rings is 2. The molecule has 0 amide bonds. The number of H-pyrrole nitrogens is 1. The molecular formula is C28H21ClN4O2. The monoisotopic (exact) mass is 480 g/mol. The Morgan fingerprint density at radius 2 is 1.94 bits per heavy atom. The molecule has 0 atom stereocenters. The summed E-state index contributed by atoms with van der Waals surface area (Å²) in [4.78, 5) is 19.0. The zero-order valence-corrected chi connectivity index (χ0v) is 19.5. The minimum Gasteiger partial charge on any atom is -0.478 e. The summed E-state index contributed by atoms with van der Waals surface area (Å²) in [7, 11) is 0. The number of carboxylic acids is 1. The summed E-state index contributed by atoms with van der Waals surface area (Å²) in [5.41, 5.74) is 6.27. The number of nitrogens with zero attached hydrogens (tertiary/aromatic N) is 3. The van der Waals surface area contributed by atoms with Gasteiger partial charge in [-0.1, -0.05) is 61.0 Å². The van der Waals surface area contributed by atoms with E-state index in [4.69, 9.17) is 23.3 Å². The van der Waals surface area contributed by atoms with E-state index < -0.39 is 5.97 Å². The number of pyridine rings is 1. The smallest absolute Gasteiger partial charge is 0.328 e. The van der Waals surface area contributed by atoms with Crippen molar-refractivity contribution in [2.24, 2.45) is 5.92 Å². The molecule has 0 radical (unpaired) electrons. The van der Waals surface area contributed by atoms with Gasteiger partial charge >= 0.3 is 5.97 Å². The molecule has 6 nitrogen and oxygen atoms in total. The second kappa shape index (κ2) is 9.57. The molecule has 5 rings (SSSR count). The zero-order valence-electron chi connectivity index (χ0n) is 18.7. The van der Waals surface area contributed by atoms with Crippen molar-refractivity contribution in [3.05, 3.63) is 106 Å². The van der Waals surface area contributed by atoms with E-state index in [1.807, 2.05) is 48.5 Å². The average molecular weight is 481 g/mol. The number of aliphatic carboxylic acids is 1. The van der Waals surface area contributed by atoms with E-state index in [-0.39, 0.29) is 0 Å². The van der Waals surface area contributed by atoms with Crippen LogP contribution in [0.5, 0.6) is 0 Å². The number of carboxylic acid groups (broad SMARTS) is 1. The van der Waals surface area contributed by atoms with Gasteiger partial charge in [-0.25, -0.2) is 9.89 Å². The third-order valence-electron chi connectivity index (χ3n) is 6.35.